The zero-order valence-electron chi connectivity index (χ0n) is 12.0. The smallest absolute Gasteiger partial charge is 0.297 e. The van der Waals surface area contributed by atoms with E-state index in [0.717, 1.165) is 29.7 Å². The number of oxazole rings is 1. The van der Waals surface area contributed by atoms with E-state index in [9.17, 15) is 0 Å². The molecule has 4 nitrogen and oxygen atoms in total. The van der Waals surface area contributed by atoms with Crippen molar-refractivity contribution in [1.29, 1.82) is 0 Å². The number of nitrogens with one attached hydrogen (secondary N) is 1. The van der Waals surface area contributed by atoms with Gasteiger partial charge in [-0.15, -0.1) is 11.3 Å². The number of aromatic nitrogens is 1. The molecule has 0 fully saturated rings. The van der Waals surface area contributed by atoms with Crippen LogP contribution in [0.15, 0.2) is 22.8 Å². The third-order valence-electron chi connectivity index (χ3n) is 2.75. The first-order chi connectivity index (χ1) is 9.54. The van der Waals surface area contributed by atoms with Crippen molar-refractivity contribution in [2.45, 2.75) is 26.9 Å². The maximum atomic E-state index is 5.93. The molecule has 20 heavy (non-hydrogen) atoms. The molecule has 0 unspecified atom stereocenters. The topological polar surface area (TPSA) is 41.3 Å². The molecule has 0 bridgehead atoms. The second kappa shape index (κ2) is 7.11. The van der Waals surface area contributed by atoms with Gasteiger partial charge in [0.2, 0.25) is 0 Å². The summed E-state index contributed by atoms with van der Waals surface area (Å²) in [6, 6.07) is 4.57. The standard InChI is InChI=1S/C14H20ClN3OS/c1-10(2)6-16-7-11-9-19-14(17-11)18(3)8-12-4-5-13(15)20-12/h4-5,9-10,16H,6-8H2,1-3H3. The molecule has 0 atom stereocenters. The summed E-state index contributed by atoms with van der Waals surface area (Å²) in [7, 11) is 1.96. The summed E-state index contributed by atoms with van der Waals surface area (Å²) < 4.78 is 6.31. The lowest BCUT2D eigenvalue weighted by atomic mass is 10.2. The van der Waals surface area contributed by atoms with E-state index in [1.807, 2.05) is 24.1 Å². The van der Waals surface area contributed by atoms with E-state index in [2.05, 4.69) is 24.1 Å². The molecule has 2 aromatic heterocycles. The molecule has 0 spiro atoms. The molecule has 2 heterocycles. The van der Waals surface area contributed by atoms with Gasteiger partial charge >= 0.3 is 0 Å². The van der Waals surface area contributed by atoms with Gasteiger partial charge in [0.05, 0.1) is 16.6 Å². The van der Waals surface area contributed by atoms with E-state index < -0.39 is 0 Å². The largest absolute Gasteiger partial charge is 0.432 e. The van der Waals surface area contributed by atoms with E-state index in [4.69, 9.17) is 16.0 Å². The quantitative estimate of drug-likeness (QED) is 0.845. The Bertz CT molecular complexity index is 538. The molecule has 6 heteroatoms. The molecule has 2 aromatic rings. The fraction of sp³-hybridized carbons (Fsp3) is 0.500. The molecule has 0 amide bonds. The van der Waals surface area contributed by atoms with E-state index in [1.165, 1.54) is 4.88 Å². The average Bonchev–Trinajstić information content (AvgIpc) is 2.98. The lowest BCUT2D eigenvalue weighted by Crippen LogP contribution is -2.19. The van der Waals surface area contributed by atoms with Crippen LogP contribution in [0.4, 0.5) is 6.01 Å². The van der Waals surface area contributed by atoms with Crippen molar-refractivity contribution < 1.29 is 4.42 Å². The number of nitrogens with zero attached hydrogens (tertiary/aromatic N) is 2. The SMILES string of the molecule is CC(C)CNCc1coc(N(C)Cc2ccc(Cl)s2)n1. The highest BCUT2D eigenvalue weighted by molar-refractivity contribution is 7.16. The van der Waals surface area contributed by atoms with Crippen molar-refractivity contribution in [2.24, 2.45) is 5.92 Å². The molecule has 1 N–H and O–H groups in total. The number of halogens is 1. The minimum Gasteiger partial charge on any atom is -0.432 e. The van der Waals surface area contributed by atoms with Crippen LogP contribution in [-0.4, -0.2) is 18.6 Å². The summed E-state index contributed by atoms with van der Waals surface area (Å²) in [5, 5.41) is 3.35. The number of thiophene rings is 1. The molecule has 0 radical (unpaired) electrons. The summed E-state index contributed by atoms with van der Waals surface area (Å²) >= 11 is 7.51. The van der Waals surface area contributed by atoms with Gasteiger partial charge in [-0.05, 0) is 24.6 Å². The first kappa shape index (κ1) is 15.4. The van der Waals surface area contributed by atoms with Gasteiger partial charge in [-0.25, -0.2) is 0 Å². The monoisotopic (exact) mass is 313 g/mol. The maximum Gasteiger partial charge on any atom is 0.297 e. The molecule has 0 aliphatic rings. The zero-order valence-corrected chi connectivity index (χ0v) is 13.6. The first-order valence-electron chi connectivity index (χ1n) is 6.65. The second-order valence-corrected chi connectivity index (χ2v) is 7.01. The number of anilines is 1. The van der Waals surface area contributed by atoms with Gasteiger partial charge < -0.3 is 14.6 Å². The normalized spacial score (nSPS) is 11.2. The minimum absolute atomic E-state index is 0.632. The average molecular weight is 314 g/mol. The Kier molecular flexibility index (Phi) is 5.46. The molecule has 0 saturated heterocycles. The van der Waals surface area contributed by atoms with Crippen LogP contribution in [0.5, 0.6) is 0 Å². The fourth-order valence-corrected chi connectivity index (χ4v) is 2.92. The highest BCUT2D eigenvalue weighted by Crippen LogP contribution is 2.24. The van der Waals surface area contributed by atoms with Gasteiger partial charge in [0.25, 0.3) is 6.01 Å². The van der Waals surface area contributed by atoms with Gasteiger partial charge in [0.15, 0.2) is 0 Å². The van der Waals surface area contributed by atoms with E-state index in [0.29, 0.717) is 11.9 Å². The Balaban J connectivity index is 1.87. The van der Waals surface area contributed by atoms with Crippen LogP contribution in [-0.2, 0) is 13.1 Å². The number of rotatable bonds is 7. The molecule has 0 aliphatic carbocycles. The number of hydrogen-bond donors (Lipinski definition) is 1. The van der Waals surface area contributed by atoms with Crippen LogP contribution in [0, 0.1) is 5.92 Å². The zero-order chi connectivity index (χ0) is 14.5. The number of hydrogen-bond acceptors (Lipinski definition) is 5. The van der Waals surface area contributed by atoms with Gasteiger partial charge in [-0.3, -0.25) is 0 Å². The van der Waals surface area contributed by atoms with Gasteiger partial charge in [0, 0.05) is 18.5 Å². The minimum atomic E-state index is 0.632. The highest BCUT2D eigenvalue weighted by atomic mass is 35.5. The molecule has 0 aliphatic heterocycles. The van der Waals surface area contributed by atoms with Crippen LogP contribution in [0.1, 0.15) is 24.4 Å². The van der Waals surface area contributed by atoms with Crippen molar-refractivity contribution >= 4 is 29.0 Å². The van der Waals surface area contributed by atoms with Crippen LogP contribution in [0.2, 0.25) is 4.34 Å². The highest BCUT2D eigenvalue weighted by Gasteiger charge is 2.10. The third kappa shape index (κ3) is 4.51. The Labute approximate surface area is 128 Å². The van der Waals surface area contributed by atoms with Crippen LogP contribution in [0.25, 0.3) is 0 Å². The maximum absolute atomic E-state index is 5.93. The van der Waals surface area contributed by atoms with Crippen molar-refractivity contribution in [3.05, 3.63) is 33.3 Å². The lowest BCUT2D eigenvalue weighted by Gasteiger charge is -2.12. The lowest BCUT2D eigenvalue weighted by molar-refractivity contribution is 0.535. The first-order valence-corrected chi connectivity index (χ1v) is 7.84. The van der Waals surface area contributed by atoms with Gasteiger partial charge in [-0.1, -0.05) is 25.4 Å². The predicted octanol–water partition coefficient (Wildman–Crippen LogP) is 3.77. The van der Waals surface area contributed by atoms with E-state index in [1.54, 1.807) is 17.6 Å². The summed E-state index contributed by atoms with van der Waals surface area (Å²) in [6.45, 7) is 6.82. The third-order valence-corrected chi connectivity index (χ3v) is 3.96. The Morgan fingerprint density at radius 2 is 2.25 bits per heavy atom. The van der Waals surface area contributed by atoms with Gasteiger partial charge in [0.1, 0.15) is 6.26 Å². The molecular weight excluding hydrogens is 294 g/mol. The van der Waals surface area contributed by atoms with Crippen molar-refractivity contribution in [3.8, 4) is 0 Å². The van der Waals surface area contributed by atoms with Crippen molar-refractivity contribution in [2.75, 3.05) is 18.5 Å². The molecule has 110 valence electrons. The van der Waals surface area contributed by atoms with Crippen LogP contribution in [0.3, 0.4) is 0 Å². The van der Waals surface area contributed by atoms with Crippen molar-refractivity contribution in [1.82, 2.24) is 10.3 Å². The molecule has 0 saturated carbocycles. The second-order valence-electron chi connectivity index (χ2n) is 5.21. The summed E-state index contributed by atoms with van der Waals surface area (Å²) in [4.78, 5) is 7.65. The Morgan fingerprint density at radius 1 is 1.45 bits per heavy atom. The van der Waals surface area contributed by atoms with E-state index in [-0.39, 0.29) is 0 Å². The molecular formula is C14H20ClN3OS. The van der Waals surface area contributed by atoms with E-state index >= 15 is 0 Å². The Morgan fingerprint density at radius 3 is 2.90 bits per heavy atom. The summed E-state index contributed by atoms with van der Waals surface area (Å²) in [6.07, 6.45) is 1.71. The summed E-state index contributed by atoms with van der Waals surface area (Å²) in [5.74, 6) is 0.632. The van der Waals surface area contributed by atoms with Gasteiger partial charge in [-0.2, -0.15) is 4.98 Å². The molecule has 2 rings (SSSR count). The Hall–Kier alpha value is -1.04. The fourth-order valence-electron chi connectivity index (χ4n) is 1.78. The molecule has 0 aromatic carbocycles. The summed E-state index contributed by atoms with van der Waals surface area (Å²) in [5.41, 5.74) is 0.928. The van der Waals surface area contributed by atoms with Crippen LogP contribution >= 0.6 is 22.9 Å². The predicted molar refractivity (Wildman–Crippen MR) is 84.5 cm³/mol. The van der Waals surface area contributed by atoms with Crippen molar-refractivity contribution in [3.63, 3.8) is 0 Å². The van der Waals surface area contributed by atoms with Crippen LogP contribution < -0.4 is 10.2 Å².